The Hall–Kier alpha value is -1.31. The summed E-state index contributed by atoms with van der Waals surface area (Å²) in [6.07, 6.45) is -4.94. The van der Waals surface area contributed by atoms with E-state index in [4.69, 9.17) is 5.73 Å². The van der Waals surface area contributed by atoms with Crippen LogP contribution >= 0.6 is 0 Å². The van der Waals surface area contributed by atoms with E-state index in [0.717, 1.165) is 0 Å². The summed E-state index contributed by atoms with van der Waals surface area (Å²) in [5, 5.41) is 0. The van der Waals surface area contributed by atoms with Gasteiger partial charge in [0.2, 0.25) is 5.91 Å². The van der Waals surface area contributed by atoms with E-state index < -0.39 is 24.1 Å². The average Bonchev–Trinajstić information content (AvgIpc) is 2.08. The minimum absolute atomic E-state index is 0.00888. The number of primary amides is 1. The summed E-state index contributed by atoms with van der Waals surface area (Å²) in [6, 6.07) is -1.13. The molecular formula is C8H13F3N2O3. The lowest BCUT2D eigenvalue weighted by molar-refractivity contribution is -0.208. The largest absolute Gasteiger partial charge is 0.492 e. The second kappa shape index (κ2) is 5.69. The van der Waals surface area contributed by atoms with Crippen LogP contribution in [0.2, 0.25) is 0 Å². The molecule has 0 spiro atoms. The molecule has 94 valence electrons. The second-order valence-electron chi connectivity index (χ2n) is 3.59. The molecule has 1 amide bonds. The van der Waals surface area contributed by atoms with E-state index in [1.54, 1.807) is 19.3 Å². The monoisotopic (exact) mass is 242 g/mol. The van der Waals surface area contributed by atoms with Gasteiger partial charge in [-0.3, -0.25) is 4.79 Å². The number of halogens is 3. The number of carbonyl (C=O) groups is 2. The van der Waals surface area contributed by atoms with Crippen LogP contribution in [0.3, 0.4) is 0 Å². The summed E-state index contributed by atoms with van der Waals surface area (Å²) in [5.74, 6) is -3.29. The van der Waals surface area contributed by atoms with Crippen LogP contribution in [0.4, 0.5) is 13.2 Å². The predicted molar refractivity (Wildman–Crippen MR) is 47.7 cm³/mol. The van der Waals surface area contributed by atoms with Crippen molar-refractivity contribution in [1.82, 2.24) is 5.48 Å². The normalized spacial score (nSPS) is 13.6. The third-order valence-corrected chi connectivity index (χ3v) is 1.58. The Kier molecular flexibility index (Phi) is 5.22. The van der Waals surface area contributed by atoms with Gasteiger partial charge in [-0.25, -0.2) is 4.79 Å². The maximum absolute atomic E-state index is 11.7. The molecule has 16 heavy (non-hydrogen) atoms. The minimum atomic E-state index is -5.10. The van der Waals surface area contributed by atoms with E-state index in [-0.39, 0.29) is 12.3 Å². The molecule has 0 aromatic heterocycles. The Morgan fingerprint density at radius 2 is 1.88 bits per heavy atom. The first-order valence-electron chi connectivity index (χ1n) is 4.47. The fourth-order valence-corrected chi connectivity index (χ4v) is 0.876. The van der Waals surface area contributed by atoms with Crippen molar-refractivity contribution in [2.24, 2.45) is 11.7 Å². The SMILES string of the molecule is CC(C)C[C@H](NOC(=O)C(F)(F)F)C(N)=O. The summed E-state index contributed by atoms with van der Waals surface area (Å²) in [6.45, 7) is 3.48. The quantitative estimate of drug-likeness (QED) is 0.688. The zero-order chi connectivity index (χ0) is 12.9. The van der Waals surface area contributed by atoms with Crippen molar-refractivity contribution in [3.05, 3.63) is 0 Å². The molecule has 0 rings (SSSR count). The van der Waals surface area contributed by atoms with Gasteiger partial charge in [0.15, 0.2) is 0 Å². The van der Waals surface area contributed by atoms with Gasteiger partial charge < -0.3 is 10.6 Å². The van der Waals surface area contributed by atoms with Crippen molar-refractivity contribution in [2.75, 3.05) is 0 Å². The third kappa shape index (κ3) is 5.54. The first-order valence-corrected chi connectivity index (χ1v) is 4.47. The summed E-state index contributed by atoms with van der Waals surface area (Å²) in [5.41, 5.74) is 6.62. The van der Waals surface area contributed by atoms with Crippen molar-refractivity contribution in [1.29, 1.82) is 0 Å². The van der Waals surface area contributed by atoms with E-state index in [1.165, 1.54) is 0 Å². The molecule has 0 heterocycles. The zero-order valence-electron chi connectivity index (χ0n) is 8.80. The molecule has 0 aliphatic rings. The van der Waals surface area contributed by atoms with Crippen LogP contribution in [0.15, 0.2) is 0 Å². The van der Waals surface area contributed by atoms with Crippen LogP contribution < -0.4 is 11.2 Å². The lowest BCUT2D eigenvalue weighted by atomic mass is 10.0. The number of alkyl halides is 3. The van der Waals surface area contributed by atoms with Gasteiger partial charge in [0, 0.05) is 0 Å². The first-order chi connectivity index (χ1) is 7.14. The molecule has 0 aliphatic heterocycles. The fourth-order valence-electron chi connectivity index (χ4n) is 0.876. The van der Waals surface area contributed by atoms with Crippen LogP contribution in [0.25, 0.3) is 0 Å². The highest BCUT2D eigenvalue weighted by Gasteiger charge is 2.42. The number of hydroxylamine groups is 1. The van der Waals surface area contributed by atoms with E-state index >= 15 is 0 Å². The van der Waals surface area contributed by atoms with Gasteiger partial charge >= 0.3 is 12.1 Å². The molecule has 5 nitrogen and oxygen atoms in total. The lowest BCUT2D eigenvalue weighted by Gasteiger charge is -2.16. The Morgan fingerprint density at radius 3 is 2.19 bits per heavy atom. The number of nitrogens with one attached hydrogen (secondary N) is 1. The van der Waals surface area contributed by atoms with Crippen LogP contribution in [-0.2, 0) is 14.4 Å². The molecule has 0 saturated heterocycles. The van der Waals surface area contributed by atoms with Gasteiger partial charge in [-0.15, -0.1) is 5.48 Å². The Balaban J connectivity index is 4.23. The van der Waals surface area contributed by atoms with Crippen LogP contribution in [0, 0.1) is 5.92 Å². The van der Waals surface area contributed by atoms with Crippen molar-refractivity contribution in [3.63, 3.8) is 0 Å². The first kappa shape index (κ1) is 14.7. The van der Waals surface area contributed by atoms with Crippen LogP contribution in [0.1, 0.15) is 20.3 Å². The summed E-state index contributed by atoms with van der Waals surface area (Å²) in [7, 11) is 0. The standard InChI is InChI=1S/C8H13F3N2O3/c1-4(2)3-5(6(12)14)13-16-7(15)8(9,10)11/h4-5,13H,3H2,1-2H3,(H2,12,14)/t5-/m0/s1. The van der Waals surface area contributed by atoms with Crippen molar-refractivity contribution in [2.45, 2.75) is 32.5 Å². The molecule has 0 radical (unpaired) electrons. The van der Waals surface area contributed by atoms with E-state index in [9.17, 15) is 22.8 Å². The number of carbonyl (C=O) groups excluding carboxylic acids is 2. The van der Waals surface area contributed by atoms with Gasteiger partial charge in [0.1, 0.15) is 6.04 Å². The van der Waals surface area contributed by atoms with Gasteiger partial charge in [0.25, 0.3) is 0 Å². The average molecular weight is 242 g/mol. The molecule has 0 unspecified atom stereocenters. The van der Waals surface area contributed by atoms with Crippen molar-refractivity contribution >= 4 is 11.9 Å². The molecule has 0 bridgehead atoms. The highest BCUT2D eigenvalue weighted by molar-refractivity contribution is 5.80. The molecule has 3 N–H and O–H groups in total. The molecule has 1 atom stereocenters. The van der Waals surface area contributed by atoms with Gasteiger partial charge in [-0.2, -0.15) is 13.2 Å². The molecular weight excluding hydrogens is 229 g/mol. The van der Waals surface area contributed by atoms with Crippen molar-refractivity contribution < 1.29 is 27.6 Å². The molecule has 0 aromatic rings. The predicted octanol–water partition coefficient (Wildman–Crippen LogP) is 0.496. The maximum Gasteiger partial charge on any atom is 0.492 e. The third-order valence-electron chi connectivity index (χ3n) is 1.58. The number of nitrogens with two attached hydrogens (primary N) is 1. The number of rotatable bonds is 5. The Bertz CT molecular complexity index is 266. The van der Waals surface area contributed by atoms with Gasteiger partial charge in [-0.05, 0) is 12.3 Å². The fraction of sp³-hybridized carbons (Fsp3) is 0.750. The molecule has 8 heteroatoms. The summed E-state index contributed by atoms with van der Waals surface area (Å²) >= 11 is 0. The van der Waals surface area contributed by atoms with E-state index in [1.807, 2.05) is 0 Å². The highest BCUT2D eigenvalue weighted by Crippen LogP contribution is 2.16. The minimum Gasteiger partial charge on any atom is -0.368 e. The van der Waals surface area contributed by atoms with Crippen molar-refractivity contribution in [3.8, 4) is 0 Å². The Morgan fingerprint density at radius 1 is 1.38 bits per heavy atom. The highest BCUT2D eigenvalue weighted by atomic mass is 19.4. The molecule has 0 saturated carbocycles. The van der Waals surface area contributed by atoms with E-state index in [0.29, 0.717) is 0 Å². The summed E-state index contributed by atoms with van der Waals surface area (Å²) in [4.78, 5) is 24.8. The van der Waals surface area contributed by atoms with E-state index in [2.05, 4.69) is 4.84 Å². The molecule has 0 aliphatic carbocycles. The Labute approximate surface area is 90.1 Å². The number of hydrogen-bond acceptors (Lipinski definition) is 4. The van der Waals surface area contributed by atoms with Crippen LogP contribution in [-0.4, -0.2) is 24.1 Å². The van der Waals surface area contributed by atoms with Crippen LogP contribution in [0.5, 0.6) is 0 Å². The topological polar surface area (TPSA) is 81.4 Å². The van der Waals surface area contributed by atoms with Gasteiger partial charge in [-0.1, -0.05) is 13.8 Å². The molecule has 0 fully saturated rings. The maximum atomic E-state index is 11.7. The number of amides is 1. The smallest absolute Gasteiger partial charge is 0.368 e. The number of hydrogen-bond donors (Lipinski definition) is 2. The zero-order valence-corrected chi connectivity index (χ0v) is 8.80. The lowest BCUT2D eigenvalue weighted by Crippen LogP contribution is -2.45. The second-order valence-corrected chi connectivity index (χ2v) is 3.59. The molecule has 0 aromatic carbocycles. The summed E-state index contributed by atoms with van der Waals surface area (Å²) < 4.78 is 35.2. The van der Waals surface area contributed by atoms with Gasteiger partial charge in [0.05, 0.1) is 0 Å².